The van der Waals surface area contributed by atoms with Crippen molar-refractivity contribution in [1.29, 1.82) is 0 Å². The number of unbranched alkanes of at least 4 members (excludes halogenated alkanes) is 24. The van der Waals surface area contributed by atoms with Gasteiger partial charge in [0.05, 0.1) is 6.61 Å². The molecule has 0 aromatic heterocycles. The van der Waals surface area contributed by atoms with Gasteiger partial charge in [-0.05, 0) is 77.3 Å². The van der Waals surface area contributed by atoms with Gasteiger partial charge in [-0.2, -0.15) is 0 Å². The number of carbonyl (C=O) groups excluding carboxylic acids is 1. The lowest BCUT2D eigenvalue weighted by Crippen LogP contribution is -2.29. The third kappa shape index (κ3) is 36.6. The molecule has 0 saturated carbocycles. The van der Waals surface area contributed by atoms with Gasteiger partial charge in [-0.3, -0.25) is 4.79 Å². The summed E-state index contributed by atoms with van der Waals surface area (Å²) >= 11 is 0. The van der Waals surface area contributed by atoms with Gasteiger partial charge in [0, 0.05) is 26.2 Å². The first-order chi connectivity index (χ1) is 23.7. The Balaban J connectivity index is 3.89. The topological polar surface area (TPSA) is 59.0 Å². The van der Waals surface area contributed by atoms with E-state index in [1.807, 2.05) is 0 Å². The van der Waals surface area contributed by atoms with Gasteiger partial charge in [0.25, 0.3) is 0 Å². The fourth-order valence-electron chi connectivity index (χ4n) is 6.76. The van der Waals surface area contributed by atoms with E-state index in [2.05, 4.69) is 25.7 Å². The summed E-state index contributed by atoms with van der Waals surface area (Å²) in [6.07, 6.45) is 39.7. The van der Waals surface area contributed by atoms with Crippen LogP contribution >= 0.6 is 0 Å². The largest absolute Gasteiger partial charge is 0.462 e. The lowest BCUT2D eigenvalue weighted by molar-refractivity contribution is -0.150. The molecule has 0 heterocycles. The highest BCUT2D eigenvalue weighted by molar-refractivity contribution is 5.69. The van der Waals surface area contributed by atoms with Crippen LogP contribution in [0.15, 0.2) is 0 Å². The number of nitrogens with zero attached hydrogens (tertiary/aromatic N) is 1. The van der Waals surface area contributed by atoms with Crippen LogP contribution in [0, 0.1) is 0 Å². The van der Waals surface area contributed by atoms with Crippen molar-refractivity contribution in [3.63, 3.8) is 0 Å². The minimum absolute atomic E-state index is 0.0278. The molecule has 0 unspecified atom stereocenters. The molecule has 0 amide bonds. The zero-order valence-corrected chi connectivity index (χ0v) is 33.1. The summed E-state index contributed by atoms with van der Waals surface area (Å²) < 4.78 is 11.9. The quantitative estimate of drug-likeness (QED) is 0.0514. The van der Waals surface area contributed by atoms with Gasteiger partial charge in [0.1, 0.15) is 6.10 Å². The van der Waals surface area contributed by atoms with E-state index in [4.69, 9.17) is 9.47 Å². The summed E-state index contributed by atoms with van der Waals surface area (Å²) in [4.78, 5) is 15.1. The Morgan fingerprint density at radius 1 is 0.479 bits per heavy atom. The van der Waals surface area contributed by atoms with Crippen molar-refractivity contribution in [3.8, 4) is 0 Å². The summed E-state index contributed by atoms with van der Waals surface area (Å²) in [6, 6.07) is 0. The monoisotopic (exact) mass is 682 g/mol. The maximum Gasteiger partial charge on any atom is 0.306 e. The van der Waals surface area contributed by atoms with Gasteiger partial charge in [-0.15, -0.1) is 0 Å². The van der Waals surface area contributed by atoms with Gasteiger partial charge in [-0.25, -0.2) is 0 Å². The van der Waals surface area contributed by atoms with Crippen LogP contribution in [0.25, 0.3) is 0 Å². The molecule has 48 heavy (non-hydrogen) atoms. The first-order valence-corrected chi connectivity index (χ1v) is 21.8. The highest BCUT2D eigenvalue weighted by atomic mass is 16.5. The second-order valence-electron chi connectivity index (χ2n) is 14.8. The molecular formula is C43H87NO4. The fraction of sp³-hybridized carbons (Fsp3) is 0.977. The third-order valence-corrected chi connectivity index (χ3v) is 9.98. The minimum atomic E-state index is 0.0278. The van der Waals surface area contributed by atoms with E-state index in [-0.39, 0.29) is 18.7 Å². The maximum absolute atomic E-state index is 12.7. The van der Waals surface area contributed by atoms with Crippen LogP contribution in [-0.4, -0.2) is 61.5 Å². The van der Waals surface area contributed by atoms with Crippen molar-refractivity contribution >= 4 is 5.97 Å². The minimum Gasteiger partial charge on any atom is -0.462 e. The second-order valence-corrected chi connectivity index (χ2v) is 14.8. The van der Waals surface area contributed by atoms with Crippen molar-refractivity contribution in [2.45, 2.75) is 232 Å². The standard InChI is InChI=1S/C43H87NO4/c1-4-7-10-13-16-17-18-24-31-40-47-41-32-25-30-37-44(38-39-45)36-29-23-19-22-28-35-43(46)48-42(33-26-20-14-11-8-5-2)34-27-21-15-12-9-6-3/h42,45H,4-41H2,1-3H3. The Hall–Kier alpha value is -0.650. The summed E-state index contributed by atoms with van der Waals surface area (Å²) in [6.45, 7) is 11.8. The molecule has 0 saturated heterocycles. The predicted octanol–water partition coefficient (Wildman–Crippen LogP) is 12.8. The lowest BCUT2D eigenvalue weighted by Gasteiger charge is -2.21. The van der Waals surface area contributed by atoms with Gasteiger partial charge in [0.15, 0.2) is 0 Å². The van der Waals surface area contributed by atoms with Crippen molar-refractivity contribution in [1.82, 2.24) is 4.90 Å². The lowest BCUT2D eigenvalue weighted by atomic mass is 10.0. The van der Waals surface area contributed by atoms with E-state index < -0.39 is 0 Å². The van der Waals surface area contributed by atoms with Crippen LogP contribution in [0.3, 0.4) is 0 Å². The maximum atomic E-state index is 12.7. The Morgan fingerprint density at radius 2 is 0.854 bits per heavy atom. The molecule has 0 aliphatic carbocycles. The van der Waals surface area contributed by atoms with Gasteiger partial charge in [-0.1, -0.05) is 156 Å². The fourth-order valence-corrected chi connectivity index (χ4v) is 6.76. The average Bonchev–Trinajstić information content (AvgIpc) is 3.08. The molecule has 0 aliphatic heterocycles. The molecule has 0 radical (unpaired) electrons. The Labute approximate surface area is 301 Å². The van der Waals surface area contributed by atoms with Crippen molar-refractivity contribution in [3.05, 3.63) is 0 Å². The number of ether oxygens (including phenoxy) is 2. The Kier molecular flexibility index (Phi) is 40.2. The van der Waals surface area contributed by atoms with Gasteiger partial charge >= 0.3 is 5.97 Å². The molecule has 0 bridgehead atoms. The Morgan fingerprint density at radius 3 is 1.31 bits per heavy atom. The van der Waals surface area contributed by atoms with E-state index in [1.165, 1.54) is 167 Å². The molecule has 0 fully saturated rings. The van der Waals surface area contributed by atoms with Crippen molar-refractivity contribution < 1.29 is 19.4 Å². The van der Waals surface area contributed by atoms with E-state index in [1.54, 1.807) is 0 Å². The van der Waals surface area contributed by atoms with E-state index >= 15 is 0 Å². The zero-order chi connectivity index (χ0) is 35.0. The van der Waals surface area contributed by atoms with E-state index in [0.717, 1.165) is 65.0 Å². The molecule has 5 heteroatoms. The summed E-state index contributed by atoms with van der Waals surface area (Å²) in [7, 11) is 0. The molecule has 0 rings (SSSR count). The second kappa shape index (κ2) is 40.8. The van der Waals surface area contributed by atoms with Crippen molar-refractivity contribution in [2.24, 2.45) is 0 Å². The zero-order valence-electron chi connectivity index (χ0n) is 33.1. The van der Waals surface area contributed by atoms with Crippen LogP contribution < -0.4 is 0 Å². The first-order valence-electron chi connectivity index (χ1n) is 21.8. The molecule has 5 nitrogen and oxygen atoms in total. The SMILES string of the molecule is CCCCCCCCCCCOCCCCCN(CCO)CCCCCCCC(=O)OC(CCCCCCCC)CCCCCCCC. The molecule has 1 N–H and O–H groups in total. The molecular weight excluding hydrogens is 594 g/mol. The number of esters is 1. The number of aliphatic hydroxyl groups excluding tert-OH is 1. The predicted molar refractivity (Wildman–Crippen MR) is 209 cm³/mol. The number of hydrogen-bond donors (Lipinski definition) is 1. The number of hydrogen-bond acceptors (Lipinski definition) is 5. The van der Waals surface area contributed by atoms with Gasteiger partial charge in [0.2, 0.25) is 0 Å². The van der Waals surface area contributed by atoms with E-state index in [0.29, 0.717) is 6.42 Å². The van der Waals surface area contributed by atoms with Crippen molar-refractivity contribution in [2.75, 3.05) is 39.5 Å². The molecule has 288 valence electrons. The highest BCUT2D eigenvalue weighted by Gasteiger charge is 2.14. The molecule has 0 aliphatic rings. The number of rotatable bonds is 41. The smallest absolute Gasteiger partial charge is 0.306 e. The Bertz CT molecular complexity index is 600. The van der Waals surface area contributed by atoms with Crippen LogP contribution in [0.5, 0.6) is 0 Å². The summed E-state index contributed by atoms with van der Waals surface area (Å²) in [5.41, 5.74) is 0. The summed E-state index contributed by atoms with van der Waals surface area (Å²) in [5.74, 6) is 0.0278. The molecule has 0 aromatic carbocycles. The number of carbonyl (C=O) groups is 1. The van der Waals surface area contributed by atoms with E-state index in [9.17, 15) is 9.90 Å². The van der Waals surface area contributed by atoms with Crippen LogP contribution in [-0.2, 0) is 14.3 Å². The molecule has 0 spiro atoms. The first kappa shape index (κ1) is 47.4. The van der Waals surface area contributed by atoms with Crippen LogP contribution in [0.2, 0.25) is 0 Å². The summed E-state index contributed by atoms with van der Waals surface area (Å²) in [5, 5.41) is 9.53. The molecule has 0 aromatic rings. The average molecular weight is 682 g/mol. The third-order valence-electron chi connectivity index (χ3n) is 9.98. The van der Waals surface area contributed by atoms with Gasteiger partial charge < -0.3 is 19.5 Å². The molecule has 0 atom stereocenters. The number of aliphatic hydroxyl groups is 1. The van der Waals surface area contributed by atoms with Crippen LogP contribution in [0.4, 0.5) is 0 Å². The van der Waals surface area contributed by atoms with Crippen LogP contribution in [0.1, 0.15) is 226 Å². The highest BCUT2D eigenvalue weighted by Crippen LogP contribution is 2.18. The normalized spacial score (nSPS) is 11.7.